The molecule has 0 spiro atoms. The predicted octanol–water partition coefficient (Wildman–Crippen LogP) is 0.677. The molecule has 3 aromatic heterocycles. The SMILES string of the molecule is CCn1c([C@H]2CCCN(c3ncnc4nc[nH]c34)C2)nn(CCN(C)C)c1=O. The van der Waals surface area contributed by atoms with Crippen LogP contribution in [0.1, 0.15) is 31.5 Å². The molecule has 0 aliphatic carbocycles. The van der Waals surface area contributed by atoms with Crippen LogP contribution in [0, 0.1) is 0 Å². The number of fused-ring (bicyclic) bond motifs is 1. The van der Waals surface area contributed by atoms with E-state index in [9.17, 15) is 4.79 Å². The molecule has 0 radical (unpaired) electrons. The zero-order valence-electron chi connectivity index (χ0n) is 16.7. The molecule has 0 amide bonds. The molecule has 1 aliphatic heterocycles. The lowest BCUT2D eigenvalue weighted by Crippen LogP contribution is -2.36. The van der Waals surface area contributed by atoms with E-state index >= 15 is 0 Å². The summed E-state index contributed by atoms with van der Waals surface area (Å²) in [5.41, 5.74) is 1.51. The normalized spacial score (nSPS) is 17.7. The van der Waals surface area contributed by atoms with E-state index in [2.05, 4.69) is 29.7 Å². The fourth-order valence-corrected chi connectivity index (χ4v) is 3.87. The first-order valence-corrected chi connectivity index (χ1v) is 9.79. The Balaban J connectivity index is 1.62. The summed E-state index contributed by atoms with van der Waals surface area (Å²) in [6.07, 6.45) is 5.23. The van der Waals surface area contributed by atoms with Gasteiger partial charge < -0.3 is 14.8 Å². The molecular weight excluding hydrogens is 358 g/mol. The number of nitrogens with zero attached hydrogens (tertiary/aromatic N) is 8. The third-order valence-electron chi connectivity index (χ3n) is 5.32. The largest absolute Gasteiger partial charge is 0.354 e. The van der Waals surface area contributed by atoms with Crippen LogP contribution in [0.15, 0.2) is 17.4 Å². The second-order valence-corrected chi connectivity index (χ2v) is 7.50. The van der Waals surface area contributed by atoms with Gasteiger partial charge in [0.2, 0.25) is 0 Å². The third-order valence-corrected chi connectivity index (χ3v) is 5.32. The highest BCUT2D eigenvalue weighted by Gasteiger charge is 2.28. The van der Waals surface area contributed by atoms with Gasteiger partial charge in [-0.15, -0.1) is 0 Å². The lowest BCUT2D eigenvalue weighted by Gasteiger charge is -2.33. The first-order chi connectivity index (χ1) is 13.6. The van der Waals surface area contributed by atoms with E-state index in [4.69, 9.17) is 5.10 Å². The van der Waals surface area contributed by atoms with Gasteiger partial charge in [0.25, 0.3) is 0 Å². The molecule has 1 N–H and O–H groups in total. The zero-order valence-corrected chi connectivity index (χ0v) is 16.7. The van der Waals surface area contributed by atoms with E-state index in [1.165, 1.54) is 0 Å². The number of likely N-dealkylation sites (N-methyl/N-ethyl adjacent to an activating group) is 1. The van der Waals surface area contributed by atoms with Crippen molar-refractivity contribution in [2.45, 2.75) is 38.8 Å². The number of aromatic nitrogens is 7. The van der Waals surface area contributed by atoms with Gasteiger partial charge in [0, 0.05) is 32.1 Å². The summed E-state index contributed by atoms with van der Waals surface area (Å²) in [4.78, 5) is 33.1. The Bertz CT molecular complexity index is 1000. The Morgan fingerprint density at radius 1 is 1.29 bits per heavy atom. The van der Waals surface area contributed by atoms with Crippen molar-refractivity contribution in [2.24, 2.45) is 0 Å². The molecule has 0 unspecified atom stereocenters. The van der Waals surface area contributed by atoms with Gasteiger partial charge in [-0.1, -0.05) is 0 Å². The van der Waals surface area contributed by atoms with Crippen LogP contribution in [0.3, 0.4) is 0 Å². The molecule has 0 bridgehead atoms. The molecule has 0 saturated carbocycles. The molecule has 28 heavy (non-hydrogen) atoms. The molecule has 4 heterocycles. The molecule has 4 rings (SSSR count). The summed E-state index contributed by atoms with van der Waals surface area (Å²) < 4.78 is 3.42. The summed E-state index contributed by atoms with van der Waals surface area (Å²) in [5, 5.41) is 4.72. The van der Waals surface area contributed by atoms with Gasteiger partial charge in [-0.25, -0.2) is 24.4 Å². The highest BCUT2D eigenvalue weighted by atomic mass is 16.2. The van der Waals surface area contributed by atoms with Crippen LogP contribution in [-0.4, -0.2) is 72.9 Å². The third kappa shape index (κ3) is 3.39. The van der Waals surface area contributed by atoms with Crippen LogP contribution in [0.5, 0.6) is 0 Å². The standard InChI is InChI=1S/C18H27N9O/c1-4-26-16(23-27(18(26)28)9-8-24(2)3)13-6-5-7-25(10-13)17-14-15(20-11-19-14)21-12-22-17/h11-13H,4-10H2,1-3H3,(H,19,20,21,22)/t13-/m0/s1. The van der Waals surface area contributed by atoms with Crippen LogP contribution in [0.4, 0.5) is 5.82 Å². The van der Waals surface area contributed by atoms with Crippen molar-refractivity contribution in [1.29, 1.82) is 0 Å². The lowest BCUT2D eigenvalue weighted by atomic mass is 9.97. The first-order valence-electron chi connectivity index (χ1n) is 9.79. The smallest absolute Gasteiger partial charge is 0.345 e. The summed E-state index contributed by atoms with van der Waals surface area (Å²) in [5.74, 6) is 1.94. The monoisotopic (exact) mass is 385 g/mol. The maximum atomic E-state index is 12.8. The molecule has 150 valence electrons. The van der Waals surface area contributed by atoms with Crippen LogP contribution in [0.2, 0.25) is 0 Å². The quantitative estimate of drug-likeness (QED) is 0.666. The van der Waals surface area contributed by atoms with E-state index in [0.717, 1.165) is 49.6 Å². The first kappa shape index (κ1) is 18.6. The summed E-state index contributed by atoms with van der Waals surface area (Å²) in [6.45, 7) is 5.71. The average Bonchev–Trinajstić information content (AvgIpc) is 3.30. The van der Waals surface area contributed by atoms with Crippen molar-refractivity contribution in [3.8, 4) is 0 Å². The van der Waals surface area contributed by atoms with E-state index in [1.807, 2.05) is 25.6 Å². The van der Waals surface area contributed by atoms with E-state index < -0.39 is 0 Å². The Kier molecular flexibility index (Phi) is 5.12. The minimum absolute atomic E-state index is 0.0190. The number of anilines is 1. The number of imidazole rings is 1. The van der Waals surface area contributed by atoms with Crippen molar-refractivity contribution in [2.75, 3.05) is 38.6 Å². The number of piperidine rings is 1. The van der Waals surface area contributed by atoms with E-state index in [1.54, 1.807) is 17.3 Å². The lowest BCUT2D eigenvalue weighted by molar-refractivity contribution is 0.367. The minimum atomic E-state index is -0.0190. The maximum Gasteiger partial charge on any atom is 0.345 e. The van der Waals surface area contributed by atoms with E-state index in [-0.39, 0.29) is 11.6 Å². The topological polar surface area (TPSA) is 101 Å². The highest BCUT2D eigenvalue weighted by molar-refractivity contribution is 5.82. The van der Waals surface area contributed by atoms with Crippen molar-refractivity contribution < 1.29 is 0 Å². The molecule has 1 aliphatic rings. The number of nitrogens with one attached hydrogen (secondary N) is 1. The predicted molar refractivity (Wildman–Crippen MR) is 107 cm³/mol. The van der Waals surface area contributed by atoms with E-state index in [0.29, 0.717) is 18.7 Å². The second kappa shape index (κ2) is 7.70. The number of rotatable bonds is 6. The number of hydrogen-bond donors (Lipinski definition) is 1. The van der Waals surface area contributed by atoms with Gasteiger partial charge in [-0.2, -0.15) is 5.10 Å². The van der Waals surface area contributed by atoms with Gasteiger partial charge in [-0.3, -0.25) is 4.57 Å². The summed E-state index contributed by atoms with van der Waals surface area (Å²) >= 11 is 0. The van der Waals surface area contributed by atoms with Crippen molar-refractivity contribution in [3.63, 3.8) is 0 Å². The van der Waals surface area contributed by atoms with Gasteiger partial charge >= 0.3 is 5.69 Å². The molecular formula is C18H27N9O. The fourth-order valence-electron chi connectivity index (χ4n) is 3.87. The Labute approximate surface area is 163 Å². The van der Waals surface area contributed by atoms with Gasteiger partial charge in [0.05, 0.1) is 12.9 Å². The summed E-state index contributed by atoms with van der Waals surface area (Å²) in [7, 11) is 4.00. The Morgan fingerprint density at radius 2 is 2.14 bits per heavy atom. The number of aromatic amines is 1. The molecule has 0 aromatic carbocycles. The van der Waals surface area contributed by atoms with Crippen molar-refractivity contribution in [1.82, 2.24) is 39.2 Å². The number of H-pyrrole nitrogens is 1. The van der Waals surface area contributed by atoms with Gasteiger partial charge in [0.15, 0.2) is 11.5 Å². The van der Waals surface area contributed by atoms with Crippen LogP contribution >= 0.6 is 0 Å². The molecule has 3 aromatic rings. The van der Waals surface area contributed by atoms with Gasteiger partial charge in [0.1, 0.15) is 17.7 Å². The molecule has 10 heteroatoms. The van der Waals surface area contributed by atoms with Crippen molar-refractivity contribution in [3.05, 3.63) is 29.0 Å². The molecule has 1 fully saturated rings. The highest BCUT2D eigenvalue weighted by Crippen LogP contribution is 2.30. The number of hydrogen-bond acceptors (Lipinski definition) is 7. The second-order valence-electron chi connectivity index (χ2n) is 7.50. The average molecular weight is 385 g/mol. The molecule has 10 nitrogen and oxygen atoms in total. The van der Waals surface area contributed by atoms with Crippen LogP contribution in [-0.2, 0) is 13.1 Å². The minimum Gasteiger partial charge on any atom is -0.354 e. The van der Waals surface area contributed by atoms with Crippen molar-refractivity contribution >= 4 is 17.0 Å². The van der Waals surface area contributed by atoms with Crippen LogP contribution in [0.25, 0.3) is 11.2 Å². The molecule has 1 atom stereocenters. The van der Waals surface area contributed by atoms with Crippen LogP contribution < -0.4 is 10.6 Å². The summed E-state index contributed by atoms with van der Waals surface area (Å²) in [6, 6.07) is 0. The molecule has 1 saturated heterocycles. The Morgan fingerprint density at radius 3 is 2.93 bits per heavy atom. The Hall–Kier alpha value is -2.75. The maximum absolute atomic E-state index is 12.8. The van der Waals surface area contributed by atoms with Gasteiger partial charge in [-0.05, 0) is 33.9 Å². The fraction of sp³-hybridized carbons (Fsp3) is 0.611. The zero-order chi connectivity index (χ0) is 19.7.